The Morgan fingerprint density at radius 1 is 0.938 bits per heavy atom. The molecule has 1 atom stereocenters. The number of nitrogens with zero attached hydrogens (tertiary/aromatic N) is 2. The van der Waals surface area contributed by atoms with Crippen molar-refractivity contribution < 1.29 is 23.9 Å². The molecule has 10 nitrogen and oxygen atoms in total. The van der Waals surface area contributed by atoms with E-state index in [1.54, 1.807) is 81.4 Å². The molecule has 0 aliphatic heterocycles. The van der Waals surface area contributed by atoms with Crippen LogP contribution in [0.4, 0.5) is 10.5 Å². The maximum Gasteiger partial charge on any atom is 0.408 e. The van der Waals surface area contributed by atoms with Crippen LogP contribution in [0, 0.1) is 0 Å². The summed E-state index contributed by atoms with van der Waals surface area (Å²) in [5, 5.41) is 5.47. The average Bonchev–Trinajstić information content (AvgIpc) is 3.07. The number of carbonyl (C=O) groups excluding carboxylic acids is 3. The molecule has 0 aliphatic carbocycles. The molecular weight excluding hydrogens is 627 g/mol. The van der Waals surface area contributed by atoms with Crippen LogP contribution in [0.25, 0.3) is 17.5 Å². The largest absolute Gasteiger partial charge is 0.444 e. The first kappa shape index (κ1) is 35.4. The number of hydrogen-bond donors (Lipinski definition) is 3. The third-order valence-electron chi connectivity index (χ3n) is 6.57. The van der Waals surface area contributed by atoms with Gasteiger partial charge < -0.3 is 20.1 Å². The molecule has 1 aromatic heterocycles. The number of unbranched alkanes of at least 4 members (excludes halogenated alkanes) is 1. The van der Waals surface area contributed by atoms with Crippen molar-refractivity contribution in [1.82, 2.24) is 20.0 Å². The molecule has 4 aromatic rings. The zero-order valence-electron chi connectivity index (χ0n) is 27.2. The third-order valence-corrected chi connectivity index (χ3v) is 7.39. The Morgan fingerprint density at radius 3 is 2.33 bits per heavy atom. The molecule has 3 aromatic carbocycles. The number of aromatic nitrogens is 2. The van der Waals surface area contributed by atoms with Crippen molar-refractivity contribution in [3.8, 4) is 23.0 Å². The molecule has 11 heteroatoms. The molecule has 3 amide bonds. The minimum absolute atomic E-state index is 0.278. The number of amides is 3. The Balaban J connectivity index is 1.55. The fourth-order valence-corrected chi connectivity index (χ4v) is 5.01. The van der Waals surface area contributed by atoms with E-state index in [2.05, 4.69) is 38.5 Å². The highest BCUT2D eigenvalue weighted by atomic mass is 32.2. The minimum Gasteiger partial charge on any atom is -0.444 e. The normalized spacial score (nSPS) is 11.5. The maximum absolute atomic E-state index is 13.8. The van der Waals surface area contributed by atoms with Crippen LogP contribution in [0.2, 0.25) is 0 Å². The topological polar surface area (TPSA) is 132 Å². The molecule has 1 heterocycles. The van der Waals surface area contributed by atoms with Crippen molar-refractivity contribution in [3.05, 3.63) is 121 Å². The summed E-state index contributed by atoms with van der Waals surface area (Å²) in [6.07, 6.45) is 4.38. The molecule has 0 spiro atoms. The van der Waals surface area contributed by atoms with E-state index < -0.39 is 23.6 Å². The summed E-state index contributed by atoms with van der Waals surface area (Å²) in [5.74, 6) is 1.02. The second-order valence-electron chi connectivity index (χ2n) is 11.5. The number of benzene rings is 3. The molecule has 0 bridgehead atoms. The number of rotatable bonds is 14. The van der Waals surface area contributed by atoms with E-state index in [-0.39, 0.29) is 11.5 Å². The van der Waals surface area contributed by atoms with E-state index >= 15 is 0 Å². The lowest BCUT2D eigenvalue weighted by atomic mass is 10.1. The minimum atomic E-state index is -1.17. The monoisotopic (exact) mass is 665 g/mol. The van der Waals surface area contributed by atoms with E-state index in [9.17, 15) is 14.4 Å². The molecule has 3 N–H and O–H groups in total. The van der Waals surface area contributed by atoms with E-state index in [1.807, 2.05) is 36.4 Å². The van der Waals surface area contributed by atoms with Gasteiger partial charge in [0.15, 0.2) is 5.82 Å². The van der Waals surface area contributed by atoms with Gasteiger partial charge in [0.2, 0.25) is 5.88 Å². The lowest BCUT2D eigenvalue weighted by Crippen LogP contribution is -2.40. The third kappa shape index (κ3) is 10.6. The van der Waals surface area contributed by atoms with Crippen LogP contribution in [-0.2, 0) is 9.53 Å². The number of allylic oxidation sites excluding steroid dienone is 1. The number of ether oxygens (including phenoxy) is 2. The van der Waals surface area contributed by atoms with Crippen LogP contribution in [-0.4, -0.2) is 39.2 Å². The molecule has 0 radical (unpaired) electrons. The van der Waals surface area contributed by atoms with Crippen molar-refractivity contribution in [2.24, 2.45) is 0 Å². The van der Waals surface area contributed by atoms with Gasteiger partial charge in [0.25, 0.3) is 11.8 Å². The van der Waals surface area contributed by atoms with Crippen LogP contribution < -0.4 is 20.1 Å². The number of para-hydroxylation sites is 1. The van der Waals surface area contributed by atoms with Gasteiger partial charge in [-0.3, -0.25) is 14.3 Å². The van der Waals surface area contributed by atoms with Crippen LogP contribution in [0.3, 0.4) is 0 Å². The predicted octanol–water partition coefficient (Wildman–Crippen LogP) is 8.13. The smallest absolute Gasteiger partial charge is 0.408 e. The first-order chi connectivity index (χ1) is 23.1. The van der Waals surface area contributed by atoms with Gasteiger partial charge in [-0.15, -0.1) is 6.58 Å². The Kier molecular flexibility index (Phi) is 12.5. The van der Waals surface area contributed by atoms with Crippen molar-refractivity contribution in [2.75, 3.05) is 11.1 Å². The SMILES string of the molecule is C=CCCCSNC(=O)c1ccccc1NC(=O)C(NC(=O)OC(C)(C)C)c1ccc(Oc2cc(C=C)nc(-c3ccccc3)n2)cc1. The number of anilines is 1. The van der Waals surface area contributed by atoms with E-state index in [0.717, 1.165) is 18.4 Å². The van der Waals surface area contributed by atoms with E-state index in [1.165, 1.54) is 11.9 Å². The first-order valence-corrected chi connectivity index (χ1v) is 16.3. The van der Waals surface area contributed by atoms with E-state index in [4.69, 9.17) is 9.47 Å². The lowest BCUT2D eigenvalue weighted by molar-refractivity contribution is -0.118. The summed E-state index contributed by atoms with van der Waals surface area (Å²) in [4.78, 5) is 48.6. The summed E-state index contributed by atoms with van der Waals surface area (Å²) in [6, 6.07) is 23.3. The molecular formula is C37H39N5O5S. The van der Waals surface area contributed by atoms with Crippen LogP contribution >= 0.6 is 11.9 Å². The zero-order chi connectivity index (χ0) is 34.5. The summed E-state index contributed by atoms with van der Waals surface area (Å²) in [6.45, 7) is 12.7. The van der Waals surface area contributed by atoms with Gasteiger partial charge >= 0.3 is 6.09 Å². The van der Waals surface area contributed by atoms with Crippen LogP contribution in [0.1, 0.15) is 61.3 Å². The molecule has 0 saturated heterocycles. The summed E-state index contributed by atoms with van der Waals surface area (Å²) < 4.78 is 14.3. The second kappa shape index (κ2) is 16.9. The predicted molar refractivity (Wildman–Crippen MR) is 191 cm³/mol. The van der Waals surface area contributed by atoms with Crippen molar-refractivity contribution >= 4 is 41.6 Å². The van der Waals surface area contributed by atoms with Crippen molar-refractivity contribution in [3.63, 3.8) is 0 Å². The van der Waals surface area contributed by atoms with Crippen LogP contribution in [0.15, 0.2) is 104 Å². The molecule has 48 heavy (non-hydrogen) atoms. The fourth-order valence-electron chi connectivity index (χ4n) is 4.36. The lowest BCUT2D eigenvalue weighted by Gasteiger charge is -2.24. The molecule has 248 valence electrons. The van der Waals surface area contributed by atoms with Crippen molar-refractivity contribution in [2.45, 2.75) is 45.3 Å². The number of alkyl carbamates (subject to hydrolysis) is 1. The Labute approximate surface area is 285 Å². The zero-order valence-corrected chi connectivity index (χ0v) is 28.0. The van der Waals surface area contributed by atoms with Gasteiger partial charge in [0, 0.05) is 17.4 Å². The van der Waals surface area contributed by atoms with Gasteiger partial charge in [-0.05, 0) is 69.5 Å². The number of carbonyl (C=O) groups is 3. The maximum atomic E-state index is 13.8. The van der Waals surface area contributed by atoms with Gasteiger partial charge in [-0.2, -0.15) is 4.98 Å². The van der Waals surface area contributed by atoms with Gasteiger partial charge in [0.05, 0.1) is 16.9 Å². The van der Waals surface area contributed by atoms with Gasteiger partial charge in [-0.25, -0.2) is 9.78 Å². The highest BCUT2D eigenvalue weighted by Gasteiger charge is 2.27. The highest BCUT2D eigenvalue weighted by molar-refractivity contribution is 7.97. The summed E-state index contributed by atoms with van der Waals surface area (Å²) in [5.41, 5.74) is 1.64. The Hall–Kier alpha value is -5.42. The summed E-state index contributed by atoms with van der Waals surface area (Å²) in [7, 11) is 0. The Bertz CT molecular complexity index is 1740. The molecule has 4 rings (SSSR count). The first-order valence-electron chi connectivity index (χ1n) is 15.3. The molecule has 0 aliphatic rings. The quantitative estimate of drug-likeness (QED) is 0.0699. The van der Waals surface area contributed by atoms with E-state index in [0.29, 0.717) is 40.2 Å². The second-order valence-corrected chi connectivity index (χ2v) is 12.4. The standard InChI is InChI=1S/C37H39N5O5S/c1-6-8-14-23-48-42-34(43)29-17-12-13-18-30(29)39-35(44)32(41-36(45)47-37(3,4)5)25-19-21-28(22-20-25)46-31-24-27(7-2)38-33(40-31)26-15-10-9-11-16-26/h6-7,9-13,15-22,24,32H,1-2,8,14,23H2,3-5H3,(H,39,44)(H,41,45)(H,42,43). The van der Waals surface area contributed by atoms with Gasteiger partial charge in [-0.1, -0.05) is 79.2 Å². The van der Waals surface area contributed by atoms with Crippen molar-refractivity contribution in [1.29, 1.82) is 0 Å². The molecule has 1 unspecified atom stereocenters. The molecule has 0 saturated carbocycles. The fraction of sp³-hybridized carbons (Fsp3) is 0.216. The number of nitrogens with one attached hydrogen (secondary N) is 3. The Morgan fingerprint density at radius 2 is 1.65 bits per heavy atom. The van der Waals surface area contributed by atoms with Crippen LogP contribution in [0.5, 0.6) is 11.6 Å². The molecule has 0 fully saturated rings. The number of hydrogen-bond acceptors (Lipinski definition) is 8. The average molecular weight is 666 g/mol. The van der Waals surface area contributed by atoms with Gasteiger partial charge in [0.1, 0.15) is 17.4 Å². The summed E-state index contributed by atoms with van der Waals surface area (Å²) >= 11 is 1.29. The highest BCUT2D eigenvalue weighted by Crippen LogP contribution is 2.27.